The minimum absolute atomic E-state index is 0.507. The Kier molecular flexibility index (Phi) is 2.80. The van der Waals surface area contributed by atoms with Crippen LogP contribution in [0.15, 0.2) is 6.07 Å². The van der Waals surface area contributed by atoms with Crippen molar-refractivity contribution in [1.82, 2.24) is 9.97 Å². The van der Waals surface area contributed by atoms with Crippen molar-refractivity contribution in [3.8, 4) is 0 Å². The fourth-order valence-corrected chi connectivity index (χ4v) is 5.68. The second-order valence-corrected chi connectivity index (χ2v) is 7.65. The zero-order chi connectivity index (χ0) is 13.7. The van der Waals surface area contributed by atoms with Gasteiger partial charge in [-0.05, 0) is 68.1 Å². The average molecular weight is 271 g/mol. The number of nitrogens with zero attached hydrogens (tertiary/aromatic N) is 2. The molecule has 2 N–H and O–H groups in total. The molecule has 20 heavy (non-hydrogen) atoms. The molecule has 3 nitrogen and oxygen atoms in total. The van der Waals surface area contributed by atoms with E-state index in [0.717, 1.165) is 42.1 Å². The predicted octanol–water partition coefficient (Wildman–Crippen LogP) is 3.38. The molecular weight excluding hydrogens is 246 g/mol. The molecule has 1 heterocycles. The Morgan fingerprint density at radius 2 is 1.70 bits per heavy atom. The number of aromatic nitrogens is 2. The molecule has 4 aliphatic carbocycles. The van der Waals surface area contributed by atoms with Crippen molar-refractivity contribution in [2.24, 2.45) is 23.2 Å². The maximum atomic E-state index is 5.95. The van der Waals surface area contributed by atoms with Crippen LogP contribution in [-0.4, -0.2) is 9.97 Å². The Bertz CT molecular complexity index is 488. The van der Waals surface area contributed by atoms with Gasteiger partial charge in [0.05, 0.1) is 0 Å². The molecule has 0 aliphatic heterocycles. The quantitative estimate of drug-likeness (QED) is 0.917. The zero-order valence-electron chi connectivity index (χ0n) is 12.4. The largest absolute Gasteiger partial charge is 0.384 e. The second-order valence-electron chi connectivity index (χ2n) is 7.65. The van der Waals surface area contributed by atoms with E-state index in [-0.39, 0.29) is 0 Å². The van der Waals surface area contributed by atoms with Gasteiger partial charge in [-0.3, -0.25) is 0 Å². The van der Waals surface area contributed by atoms with Crippen molar-refractivity contribution < 1.29 is 0 Å². The fraction of sp³-hybridized carbons (Fsp3) is 0.765. The SMILES string of the molecule is CCc1cc(N)nc(CC23CC4CC(CC(C4)C2)C3)n1. The molecule has 1 aromatic rings. The summed E-state index contributed by atoms with van der Waals surface area (Å²) in [5, 5.41) is 0. The molecule has 0 unspecified atom stereocenters. The van der Waals surface area contributed by atoms with Crippen LogP contribution in [-0.2, 0) is 12.8 Å². The van der Waals surface area contributed by atoms with Gasteiger partial charge in [-0.15, -0.1) is 0 Å². The molecule has 0 amide bonds. The lowest BCUT2D eigenvalue weighted by molar-refractivity contribution is -0.0531. The zero-order valence-corrected chi connectivity index (χ0v) is 12.4. The van der Waals surface area contributed by atoms with E-state index in [4.69, 9.17) is 10.7 Å². The Labute approximate surface area is 121 Å². The molecule has 4 fully saturated rings. The first kappa shape index (κ1) is 12.6. The summed E-state index contributed by atoms with van der Waals surface area (Å²) < 4.78 is 0. The number of hydrogen-bond acceptors (Lipinski definition) is 3. The van der Waals surface area contributed by atoms with Crippen molar-refractivity contribution >= 4 is 5.82 Å². The maximum Gasteiger partial charge on any atom is 0.131 e. The molecular formula is C17H25N3. The monoisotopic (exact) mass is 271 g/mol. The van der Waals surface area contributed by atoms with Gasteiger partial charge in [0.25, 0.3) is 0 Å². The first-order valence-corrected chi connectivity index (χ1v) is 8.26. The molecule has 0 saturated heterocycles. The van der Waals surface area contributed by atoms with Gasteiger partial charge < -0.3 is 5.73 Å². The topological polar surface area (TPSA) is 51.8 Å². The maximum absolute atomic E-state index is 5.95. The predicted molar refractivity (Wildman–Crippen MR) is 80.1 cm³/mol. The van der Waals surface area contributed by atoms with Gasteiger partial charge in [-0.1, -0.05) is 6.92 Å². The lowest BCUT2D eigenvalue weighted by Gasteiger charge is -2.56. The third-order valence-corrected chi connectivity index (χ3v) is 5.91. The summed E-state index contributed by atoms with van der Waals surface area (Å²) in [4.78, 5) is 9.26. The van der Waals surface area contributed by atoms with Crippen LogP contribution in [0.2, 0.25) is 0 Å². The number of anilines is 1. The lowest BCUT2D eigenvalue weighted by atomic mass is 9.49. The van der Waals surface area contributed by atoms with Crippen LogP contribution in [0.3, 0.4) is 0 Å². The molecule has 0 atom stereocenters. The van der Waals surface area contributed by atoms with Gasteiger partial charge >= 0.3 is 0 Å². The number of nitrogen functional groups attached to an aromatic ring is 1. The fourth-order valence-electron chi connectivity index (χ4n) is 5.68. The van der Waals surface area contributed by atoms with Gasteiger partial charge in [-0.2, -0.15) is 0 Å². The Morgan fingerprint density at radius 1 is 1.10 bits per heavy atom. The molecule has 4 aliphatic rings. The van der Waals surface area contributed by atoms with Crippen molar-refractivity contribution in [3.63, 3.8) is 0 Å². The van der Waals surface area contributed by atoms with E-state index in [1.807, 2.05) is 6.07 Å². The molecule has 5 rings (SSSR count). The lowest BCUT2D eigenvalue weighted by Crippen LogP contribution is -2.47. The second kappa shape index (κ2) is 4.44. The Balaban J connectivity index is 1.61. The highest BCUT2D eigenvalue weighted by atomic mass is 14.9. The number of nitrogens with two attached hydrogens (primary N) is 1. The smallest absolute Gasteiger partial charge is 0.131 e. The molecule has 4 bridgehead atoms. The highest BCUT2D eigenvalue weighted by Gasteiger charge is 2.51. The highest BCUT2D eigenvalue weighted by Crippen LogP contribution is 2.60. The van der Waals surface area contributed by atoms with Gasteiger partial charge in [0.15, 0.2) is 0 Å². The molecule has 0 radical (unpaired) electrons. The van der Waals surface area contributed by atoms with Crippen LogP contribution in [0.25, 0.3) is 0 Å². The van der Waals surface area contributed by atoms with Crippen molar-refractivity contribution in [2.75, 3.05) is 5.73 Å². The average Bonchev–Trinajstić information content (AvgIpc) is 2.35. The summed E-state index contributed by atoms with van der Waals surface area (Å²) >= 11 is 0. The van der Waals surface area contributed by atoms with Gasteiger partial charge in [0.2, 0.25) is 0 Å². The van der Waals surface area contributed by atoms with E-state index in [2.05, 4.69) is 11.9 Å². The van der Waals surface area contributed by atoms with E-state index >= 15 is 0 Å². The van der Waals surface area contributed by atoms with E-state index in [1.165, 1.54) is 38.5 Å². The van der Waals surface area contributed by atoms with Gasteiger partial charge in [0, 0.05) is 18.2 Å². The molecule has 3 heteroatoms. The van der Waals surface area contributed by atoms with Crippen molar-refractivity contribution in [3.05, 3.63) is 17.6 Å². The van der Waals surface area contributed by atoms with E-state index in [1.54, 1.807) is 0 Å². The van der Waals surface area contributed by atoms with Gasteiger partial charge in [-0.25, -0.2) is 9.97 Å². The highest BCUT2D eigenvalue weighted by molar-refractivity contribution is 5.30. The van der Waals surface area contributed by atoms with E-state index < -0.39 is 0 Å². The van der Waals surface area contributed by atoms with Gasteiger partial charge in [0.1, 0.15) is 11.6 Å². The first-order chi connectivity index (χ1) is 9.64. The van der Waals surface area contributed by atoms with E-state index in [0.29, 0.717) is 11.2 Å². The third-order valence-electron chi connectivity index (χ3n) is 5.91. The van der Waals surface area contributed by atoms with Crippen LogP contribution in [0.1, 0.15) is 57.0 Å². The Hall–Kier alpha value is -1.12. The van der Waals surface area contributed by atoms with Crippen LogP contribution < -0.4 is 5.73 Å². The van der Waals surface area contributed by atoms with Crippen molar-refractivity contribution in [2.45, 2.75) is 58.3 Å². The molecule has 1 aromatic heterocycles. The molecule has 0 spiro atoms. The molecule has 4 saturated carbocycles. The molecule has 0 aromatic carbocycles. The third kappa shape index (κ3) is 2.11. The standard InChI is InChI=1S/C17H25N3/c1-2-14-6-15(18)20-16(19-14)10-17-7-11-3-12(8-17)5-13(4-11)9-17/h6,11-13H,2-5,7-10H2,1H3,(H2,18,19,20). The number of aryl methyl sites for hydroxylation is 1. The minimum Gasteiger partial charge on any atom is -0.384 e. The summed E-state index contributed by atoms with van der Waals surface area (Å²) in [6.45, 7) is 2.14. The van der Waals surface area contributed by atoms with Crippen LogP contribution in [0.5, 0.6) is 0 Å². The summed E-state index contributed by atoms with van der Waals surface area (Å²) in [5.41, 5.74) is 7.55. The summed E-state index contributed by atoms with van der Waals surface area (Å²) in [7, 11) is 0. The summed E-state index contributed by atoms with van der Waals surface area (Å²) in [6, 6.07) is 1.92. The number of hydrogen-bond donors (Lipinski definition) is 1. The van der Waals surface area contributed by atoms with Crippen LogP contribution >= 0.6 is 0 Å². The van der Waals surface area contributed by atoms with Crippen LogP contribution in [0, 0.1) is 23.2 Å². The number of rotatable bonds is 3. The summed E-state index contributed by atoms with van der Waals surface area (Å²) in [5.74, 6) is 4.63. The Morgan fingerprint density at radius 3 is 2.25 bits per heavy atom. The van der Waals surface area contributed by atoms with Crippen molar-refractivity contribution in [1.29, 1.82) is 0 Å². The minimum atomic E-state index is 0.507. The summed E-state index contributed by atoms with van der Waals surface area (Å²) in [6.07, 6.45) is 10.7. The first-order valence-electron chi connectivity index (χ1n) is 8.26. The van der Waals surface area contributed by atoms with Crippen LogP contribution in [0.4, 0.5) is 5.82 Å². The molecule has 108 valence electrons. The van der Waals surface area contributed by atoms with E-state index in [9.17, 15) is 0 Å². The normalized spacial score (nSPS) is 38.4.